The molecule has 0 saturated carbocycles. The van der Waals surface area contributed by atoms with Crippen LogP contribution in [0, 0.1) is 0 Å². The third-order valence-electron chi connectivity index (χ3n) is 2.20. The molecule has 0 spiro atoms. The predicted molar refractivity (Wildman–Crippen MR) is 78.3 cm³/mol. The zero-order chi connectivity index (χ0) is 12.4. The molecule has 2 aromatic heterocycles. The van der Waals surface area contributed by atoms with E-state index in [2.05, 4.69) is 53.3 Å². The Labute approximate surface area is 120 Å². The smallest absolute Gasteiger partial charge is 0.148 e. The summed E-state index contributed by atoms with van der Waals surface area (Å²) in [5, 5.41) is 2.11. The molecule has 2 heterocycles. The first-order valence-electron chi connectivity index (χ1n) is 4.78. The average molecular weight is 378 g/mol. The van der Waals surface area contributed by atoms with Gasteiger partial charge in [0, 0.05) is 13.6 Å². The predicted octanol–water partition coefficient (Wildman–Crippen LogP) is 3.28. The summed E-state index contributed by atoms with van der Waals surface area (Å²) in [4.78, 5) is 10.2. The molecule has 2 rings (SSSR count). The highest BCUT2D eigenvalue weighted by Gasteiger charge is 2.11. The van der Waals surface area contributed by atoms with Gasteiger partial charge in [0.05, 0.1) is 3.79 Å². The molecule has 0 aliphatic rings. The van der Waals surface area contributed by atoms with Gasteiger partial charge in [-0.05, 0) is 48.9 Å². The Morgan fingerprint density at radius 3 is 2.82 bits per heavy atom. The third-order valence-corrected chi connectivity index (χ3v) is 4.52. The molecule has 17 heavy (non-hydrogen) atoms. The van der Waals surface area contributed by atoms with Crippen molar-refractivity contribution < 1.29 is 0 Å². The van der Waals surface area contributed by atoms with Crippen molar-refractivity contribution in [2.24, 2.45) is 0 Å². The van der Waals surface area contributed by atoms with Crippen molar-refractivity contribution in [3.05, 3.63) is 31.6 Å². The monoisotopic (exact) mass is 376 g/mol. The van der Waals surface area contributed by atoms with E-state index in [0.717, 1.165) is 20.6 Å². The first kappa shape index (κ1) is 12.8. The van der Waals surface area contributed by atoms with E-state index >= 15 is 0 Å². The van der Waals surface area contributed by atoms with Gasteiger partial charge in [0.1, 0.15) is 22.4 Å². The molecule has 0 fully saturated rings. The van der Waals surface area contributed by atoms with Gasteiger partial charge in [-0.25, -0.2) is 9.97 Å². The van der Waals surface area contributed by atoms with Gasteiger partial charge < -0.3 is 10.6 Å². The van der Waals surface area contributed by atoms with Crippen molar-refractivity contribution in [2.75, 3.05) is 17.7 Å². The lowest BCUT2D eigenvalue weighted by Gasteiger charge is -2.18. The highest BCUT2D eigenvalue weighted by molar-refractivity contribution is 9.11. The van der Waals surface area contributed by atoms with Crippen molar-refractivity contribution in [3.8, 4) is 0 Å². The lowest BCUT2D eigenvalue weighted by atomic mass is 10.3. The zero-order valence-corrected chi connectivity index (χ0v) is 13.0. The number of hydrogen-bond acceptors (Lipinski definition) is 5. The van der Waals surface area contributed by atoms with Crippen molar-refractivity contribution in [1.29, 1.82) is 0 Å². The normalized spacial score (nSPS) is 10.5. The number of thiophene rings is 1. The van der Waals surface area contributed by atoms with E-state index < -0.39 is 0 Å². The number of aromatic nitrogens is 2. The molecule has 4 nitrogen and oxygen atoms in total. The largest absolute Gasteiger partial charge is 0.383 e. The van der Waals surface area contributed by atoms with E-state index in [9.17, 15) is 0 Å². The highest BCUT2D eigenvalue weighted by atomic mass is 79.9. The van der Waals surface area contributed by atoms with E-state index in [1.807, 2.05) is 11.9 Å². The molecule has 2 N–H and O–H groups in total. The third kappa shape index (κ3) is 2.97. The molecule has 7 heteroatoms. The van der Waals surface area contributed by atoms with Gasteiger partial charge in [-0.15, -0.1) is 11.3 Å². The quantitative estimate of drug-likeness (QED) is 0.891. The van der Waals surface area contributed by atoms with Crippen LogP contribution in [0.15, 0.2) is 26.0 Å². The molecule has 0 saturated heterocycles. The Morgan fingerprint density at radius 2 is 2.18 bits per heavy atom. The van der Waals surface area contributed by atoms with Gasteiger partial charge in [0.25, 0.3) is 0 Å². The van der Waals surface area contributed by atoms with Crippen LogP contribution < -0.4 is 10.6 Å². The van der Waals surface area contributed by atoms with Gasteiger partial charge in [-0.3, -0.25) is 0 Å². The summed E-state index contributed by atoms with van der Waals surface area (Å²) < 4.78 is 1.86. The minimum atomic E-state index is 0.452. The SMILES string of the molecule is CN(Cc1csc(Br)c1)c1ncnc(N)c1Br. The van der Waals surface area contributed by atoms with E-state index in [1.54, 1.807) is 11.3 Å². The lowest BCUT2D eigenvalue weighted by molar-refractivity contribution is 0.890. The molecule has 90 valence electrons. The molecule has 0 aliphatic heterocycles. The fourth-order valence-electron chi connectivity index (χ4n) is 1.42. The molecule has 0 radical (unpaired) electrons. The van der Waals surface area contributed by atoms with Crippen LogP contribution in [0.2, 0.25) is 0 Å². The summed E-state index contributed by atoms with van der Waals surface area (Å²) in [7, 11) is 1.97. The Hall–Kier alpha value is -0.660. The number of nitrogen functional groups attached to an aromatic ring is 1. The molecule has 0 aliphatic carbocycles. The Bertz CT molecular complexity index is 529. The topological polar surface area (TPSA) is 55.0 Å². The number of halogens is 2. The number of hydrogen-bond donors (Lipinski definition) is 1. The van der Waals surface area contributed by atoms with Crippen LogP contribution >= 0.6 is 43.2 Å². The Kier molecular flexibility index (Phi) is 4.01. The van der Waals surface area contributed by atoms with E-state index in [-0.39, 0.29) is 0 Å². The second-order valence-corrected chi connectivity index (χ2v) is 6.60. The van der Waals surface area contributed by atoms with Gasteiger partial charge in [-0.1, -0.05) is 0 Å². The van der Waals surface area contributed by atoms with Crippen LogP contribution in [0.5, 0.6) is 0 Å². The van der Waals surface area contributed by atoms with E-state index in [1.165, 1.54) is 11.9 Å². The first-order chi connectivity index (χ1) is 8.08. The summed E-state index contributed by atoms with van der Waals surface area (Å²) in [6, 6.07) is 2.10. The zero-order valence-electron chi connectivity index (χ0n) is 9.02. The summed E-state index contributed by atoms with van der Waals surface area (Å²) in [5.74, 6) is 1.24. The first-order valence-corrected chi connectivity index (χ1v) is 7.24. The summed E-state index contributed by atoms with van der Waals surface area (Å²) in [6.45, 7) is 0.775. The van der Waals surface area contributed by atoms with Crippen molar-refractivity contribution in [3.63, 3.8) is 0 Å². The summed E-state index contributed by atoms with van der Waals surface area (Å²) >= 11 is 8.52. The Morgan fingerprint density at radius 1 is 1.41 bits per heavy atom. The van der Waals surface area contributed by atoms with Crippen LogP contribution in [0.25, 0.3) is 0 Å². The fraction of sp³-hybridized carbons (Fsp3) is 0.200. The molecule has 0 atom stereocenters. The molecule has 0 amide bonds. The molecular weight excluding hydrogens is 368 g/mol. The molecular formula is C10H10Br2N4S. The van der Waals surface area contributed by atoms with E-state index in [4.69, 9.17) is 5.73 Å². The highest BCUT2D eigenvalue weighted by Crippen LogP contribution is 2.28. The second-order valence-electron chi connectivity index (χ2n) is 3.51. The number of anilines is 2. The average Bonchev–Trinajstić information content (AvgIpc) is 2.68. The number of nitrogens with zero attached hydrogens (tertiary/aromatic N) is 3. The van der Waals surface area contributed by atoms with Crippen molar-refractivity contribution in [1.82, 2.24) is 9.97 Å². The molecule has 0 bridgehead atoms. The number of nitrogens with two attached hydrogens (primary N) is 1. The summed E-state index contributed by atoms with van der Waals surface area (Å²) in [5.41, 5.74) is 6.96. The van der Waals surface area contributed by atoms with E-state index in [0.29, 0.717) is 5.82 Å². The second kappa shape index (κ2) is 5.32. The van der Waals surface area contributed by atoms with Gasteiger partial charge >= 0.3 is 0 Å². The van der Waals surface area contributed by atoms with Crippen LogP contribution in [0.3, 0.4) is 0 Å². The standard InChI is InChI=1S/C10H10Br2N4S/c1-16(3-6-2-7(11)17-4-6)10-8(12)9(13)14-5-15-10/h2,4-5H,3H2,1H3,(H2,13,14,15). The molecule has 0 aromatic carbocycles. The molecule has 0 unspecified atom stereocenters. The lowest BCUT2D eigenvalue weighted by Crippen LogP contribution is -2.18. The maximum absolute atomic E-state index is 5.73. The van der Waals surface area contributed by atoms with Gasteiger partial charge in [-0.2, -0.15) is 0 Å². The van der Waals surface area contributed by atoms with Gasteiger partial charge in [0.15, 0.2) is 0 Å². The Balaban J connectivity index is 2.20. The minimum Gasteiger partial charge on any atom is -0.383 e. The van der Waals surface area contributed by atoms with Crippen LogP contribution in [0.4, 0.5) is 11.6 Å². The van der Waals surface area contributed by atoms with Gasteiger partial charge in [0.2, 0.25) is 0 Å². The maximum Gasteiger partial charge on any atom is 0.148 e. The van der Waals surface area contributed by atoms with Crippen molar-refractivity contribution >= 4 is 54.8 Å². The fourth-order valence-corrected chi connectivity index (χ4v) is 3.13. The minimum absolute atomic E-state index is 0.452. The number of rotatable bonds is 3. The summed E-state index contributed by atoms with van der Waals surface area (Å²) in [6.07, 6.45) is 1.47. The van der Waals surface area contributed by atoms with Crippen LogP contribution in [-0.2, 0) is 6.54 Å². The maximum atomic E-state index is 5.73. The van der Waals surface area contributed by atoms with Crippen molar-refractivity contribution in [2.45, 2.75) is 6.54 Å². The van der Waals surface area contributed by atoms with Crippen LogP contribution in [-0.4, -0.2) is 17.0 Å². The molecule has 2 aromatic rings. The van der Waals surface area contributed by atoms with Crippen LogP contribution in [0.1, 0.15) is 5.56 Å².